The Balaban J connectivity index is 1.38. The van der Waals surface area contributed by atoms with E-state index >= 15 is 0 Å². The van der Waals surface area contributed by atoms with Gasteiger partial charge in [0.25, 0.3) is 0 Å². The Morgan fingerprint density at radius 1 is 1.03 bits per heavy atom. The zero-order chi connectivity index (χ0) is 23.4. The van der Waals surface area contributed by atoms with Crippen molar-refractivity contribution < 1.29 is 23.9 Å². The van der Waals surface area contributed by atoms with Crippen LogP contribution in [0.1, 0.15) is 6.92 Å². The molecule has 4 rings (SSSR count). The summed E-state index contributed by atoms with van der Waals surface area (Å²) < 4.78 is 11.5. The first-order chi connectivity index (χ1) is 15.8. The van der Waals surface area contributed by atoms with Crippen LogP contribution in [0.5, 0.6) is 0 Å². The molecule has 0 bridgehead atoms. The van der Waals surface area contributed by atoms with Gasteiger partial charge in [0.05, 0.1) is 26.3 Å². The van der Waals surface area contributed by atoms with E-state index in [1.165, 1.54) is 6.92 Å². The lowest BCUT2D eigenvalue weighted by molar-refractivity contribution is -0.117. The molecule has 2 fully saturated rings. The third-order valence-electron chi connectivity index (χ3n) is 5.39. The van der Waals surface area contributed by atoms with E-state index < -0.39 is 11.7 Å². The highest BCUT2D eigenvalue weighted by Gasteiger charge is 2.48. The Morgan fingerprint density at radius 3 is 2.36 bits per heavy atom. The molecule has 10 heteroatoms. The topological polar surface area (TPSA) is 100 Å². The van der Waals surface area contributed by atoms with Crippen LogP contribution in [-0.4, -0.2) is 67.8 Å². The van der Waals surface area contributed by atoms with Crippen LogP contribution in [0.2, 0.25) is 5.02 Å². The van der Waals surface area contributed by atoms with Gasteiger partial charge in [0, 0.05) is 42.1 Å². The number of anilines is 3. The van der Waals surface area contributed by atoms with Crippen molar-refractivity contribution in [2.75, 3.05) is 54.9 Å². The molecule has 3 amide bonds. The Hall–Kier alpha value is -3.14. The summed E-state index contributed by atoms with van der Waals surface area (Å²) in [6, 6.07) is 13.9. The van der Waals surface area contributed by atoms with Gasteiger partial charge in [0.15, 0.2) is 5.60 Å². The van der Waals surface area contributed by atoms with Gasteiger partial charge in [-0.05, 0) is 48.5 Å². The molecule has 2 aliphatic rings. The van der Waals surface area contributed by atoms with Gasteiger partial charge >= 0.3 is 6.09 Å². The molecule has 2 aromatic rings. The van der Waals surface area contributed by atoms with E-state index in [-0.39, 0.29) is 25.0 Å². The van der Waals surface area contributed by atoms with E-state index in [0.717, 1.165) is 0 Å². The fraction of sp³-hybridized carbons (Fsp3) is 0.348. The van der Waals surface area contributed by atoms with Crippen molar-refractivity contribution >= 4 is 46.6 Å². The Bertz CT molecular complexity index is 1030. The number of nitrogens with zero attached hydrogens (tertiary/aromatic N) is 2. The predicted octanol–water partition coefficient (Wildman–Crippen LogP) is 2.96. The second-order valence-corrected chi connectivity index (χ2v) is 8.62. The molecule has 2 aromatic carbocycles. The highest BCUT2D eigenvalue weighted by Crippen LogP contribution is 2.31. The first kappa shape index (κ1) is 23.0. The summed E-state index contributed by atoms with van der Waals surface area (Å²) in [5, 5.41) is 6.12. The fourth-order valence-electron chi connectivity index (χ4n) is 3.96. The lowest BCUT2D eigenvalue weighted by Crippen LogP contribution is -2.49. The first-order valence-electron chi connectivity index (χ1n) is 10.6. The number of nitrogens with one attached hydrogen (secondary N) is 2. The Kier molecular flexibility index (Phi) is 6.83. The zero-order valence-corrected chi connectivity index (χ0v) is 18.9. The molecule has 1 spiro atoms. The van der Waals surface area contributed by atoms with Gasteiger partial charge in [0.2, 0.25) is 11.8 Å². The summed E-state index contributed by atoms with van der Waals surface area (Å²) in [6.07, 6.45) is -0.452. The number of carbonyl (C=O) groups excluding carboxylic acids is 3. The van der Waals surface area contributed by atoms with Crippen LogP contribution in [0, 0.1) is 0 Å². The minimum absolute atomic E-state index is 0.122. The SMILES string of the molecule is CC(=O)Nc1ccc(NC(=O)CN2CCOCC3(C2)CN(c2ccc(Cl)cc2)C(=O)O3)cc1. The smallest absolute Gasteiger partial charge is 0.415 e. The van der Waals surface area contributed by atoms with Crippen molar-refractivity contribution in [1.29, 1.82) is 0 Å². The van der Waals surface area contributed by atoms with Crippen LogP contribution in [0.25, 0.3) is 0 Å². The molecule has 0 radical (unpaired) electrons. The average molecular weight is 473 g/mol. The summed E-state index contributed by atoms with van der Waals surface area (Å²) in [5.41, 5.74) is 1.10. The molecule has 9 nitrogen and oxygen atoms in total. The lowest BCUT2D eigenvalue weighted by atomic mass is 10.0. The summed E-state index contributed by atoms with van der Waals surface area (Å²) in [4.78, 5) is 39.9. The molecule has 2 saturated heterocycles. The molecule has 0 saturated carbocycles. The van der Waals surface area contributed by atoms with Crippen molar-refractivity contribution in [3.8, 4) is 0 Å². The van der Waals surface area contributed by atoms with Crippen LogP contribution in [0.15, 0.2) is 48.5 Å². The van der Waals surface area contributed by atoms with Gasteiger partial charge in [-0.3, -0.25) is 19.4 Å². The molecule has 2 aliphatic heterocycles. The van der Waals surface area contributed by atoms with Crippen LogP contribution in [0.3, 0.4) is 0 Å². The van der Waals surface area contributed by atoms with Crippen molar-refractivity contribution in [2.24, 2.45) is 0 Å². The number of carbonyl (C=O) groups is 3. The van der Waals surface area contributed by atoms with Crippen molar-refractivity contribution in [1.82, 2.24) is 4.90 Å². The Labute approximate surface area is 196 Å². The summed E-state index contributed by atoms with van der Waals surface area (Å²) in [7, 11) is 0. The molecule has 174 valence electrons. The molecular weight excluding hydrogens is 448 g/mol. The maximum absolute atomic E-state index is 12.6. The van der Waals surface area contributed by atoms with E-state index in [1.807, 2.05) is 4.90 Å². The van der Waals surface area contributed by atoms with E-state index in [0.29, 0.717) is 48.3 Å². The van der Waals surface area contributed by atoms with Crippen LogP contribution in [0.4, 0.5) is 21.9 Å². The Morgan fingerprint density at radius 2 is 1.70 bits per heavy atom. The normalized spacial score (nSPS) is 20.9. The van der Waals surface area contributed by atoms with E-state index in [2.05, 4.69) is 10.6 Å². The third kappa shape index (κ3) is 5.81. The number of benzene rings is 2. The van der Waals surface area contributed by atoms with Crippen molar-refractivity contribution in [3.63, 3.8) is 0 Å². The highest BCUT2D eigenvalue weighted by molar-refractivity contribution is 6.30. The van der Waals surface area contributed by atoms with Gasteiger partial charge in [-0.2, -0.15) is 0 Å². The molecule has 0 aromatic heterocycles. The minimum atomic E-state index is -0.868. The van der Waals surface area contributed by atoms with E-state index in [1.54, 1.807) is 53.4 Å². The van der Waals surface area contributed by atoms with E-state index in [9.17, 15) is 14.4 Å². The lowest BCUT2D eigenvalue weighted by Gasteiger charge is -2.29. The number of rotatable bonds is 5. The van der Waals surface area contributed by atoms with E-state index in [4.69, 9.17) is 21.1 Å². The second kappa shape index (κ2) is 9.78. The number of hydrogen-bond acceptors (Lipinski definition) is 6. The molecule has 2 N–H and O–H groups in total. The van der Waals surface area contributed by atoms with Crippen LogP contribution in [-0.2, 0) is 19.1 Å². The number of ether oxygens (including phenoxy) is 2. The molecule has 33 heavy (non-hydrogen) atoms. The molecule has 1 atom stereocenters. The number of hydrogen-bond donors (Lipinski definition) is 2. The minimum Gasteiger partial charge on any atom is -0.437 e. The van der Waals surface area contributed by atoms with Crippen molar-refractivity contribution in [2.45, 2.75) is 12.5 Å². The molecular formula is C23H25ClN4O5. The summed E-state index contributed by atoms with van der Waals surface area (Å²) >= 11 is 5.96. The standard InChI is InChI=1S/C23H25ClN4O5/c1-16(29)25-18-4-6-19(7-5-18)26-21(30)12-27-10-11-32-15-23(13-27)14-28(22(31)33-23)20-8-2-17(24)3-9-20/h2-9H,10-15H2,1H3,(H,25,29)(H,26,30). The molecule has 0 aliphatic carbocycles. The maximum atomic E-state index is 12.6. The molecule has 1 unspecified atom stereocenters. The quantitative estimate of drug-likeness (QED) is 0.694. The second-order valence-electron chi connectivity index (χ2n) is 8.18. The number of halogens is 1. The van der Waals surface area contributed by atoms with Gasteiger partial charge in [0.1, 0.15) is 0 Å². The van der Waals surface area contributed by atoms with Gasteiger partial charge in [-0.1, -0.05) is 11.6 Å². The van der Waals surface area contributed by atoms with Gasteiger partial charge in [-0.15, -0.1) is 0 Å². The first-order valence-corrected chi connectivity index (χ1v) is 10.9. The third-order valence-corrected chi connectivity index (χ3v) is 5.65. The monoisotopic (exact) mass is 472 g/mol. The van der Waals surface area contributed by atoms with Crippen LogP contribution < -0.4 is 15.5 Å². The predicted molar refractivity (Wildman–Crippen MR) is 125 cm³/mol. The fourth-order valence-corrected chi connectivity index (χ4v) is 4.09. The zero-order valence-electron chi connectivity index (χ0n) is 18.2. The highest BCUT2D eigenvalue weighted by atomic mass is 35.5. The number of amides is 3. The van der Waals surface area contributed by atoms with Crippen molar-refractivity contribution in [3.05, 3.63) is 53.6 Å². The largest absolute Gasteiger partial charge is 0.437 e. The van der Waals surface area contributed by atoms with Crippen LogP contribution >= 0.6 is 11.6 Å². The summed E-state index contributed by atoms with van der Waals surface area (Å²) in [5.74, 6) is -0.357. The van der Waals surface area contributed by atoms with Gasteiger partial charge in [-0.25, -0.2) is 4.79 Å². The molecule has 2 heterocycles. The maximum Gasteiger partial charge on any atom is 0.415 e. The van der Waals surface area contributed by atoms with Gasteiger partial charge < -0.3 is 20.1 Å². The average Bonchev–Trinajstić information content (AvgIpc) is 2.95. The summed E-state index contributed by atoms with van der Waals surface area (Å²) in [6.45, 7) is 3.47.